The minimum absolute atomic E-state index is 0.148. The van der Waals surface area contributed by atoms with E-state index in [0.717, 1.165) is 29.2 Å². The van der Waals surface area contributed by atoms with Crippen molar-refractivity contribution in [3.05, 3.63) is 64.2 Å². The summed E-state index contributed by atoms with van der Waals surface area (Å²) in [6, 6.07) is 15.4. The van der Waals surface area contributed by atoms with Gasteiger partial charge in [0.25, 0.3) is 5.69 Å². The number of benzene rings is 2. The molecule has 0 bridgehead atoms. The number of hydrogen-bond donors (Lipinski definition) is 1. The Morgan fingerprint density at radius 3 is 2.62 bits per heavy atom. The molecule has 0 atom stereocenters. The lowest BCUT2D eigenvalue weighted by Gasteiger charge is -2.08. The molecule has 110 valence electrons. The molecule has 0 unspecified atom stereocenters. The summed E-state index contributed by atoms with van der Waals surface area (Å²) >= 11 is 1.67. The van der Waals surface area contributed by atoms with Crippen molar-refractivity contribution in [1.82, 2.24) is 0 Å². The predicted molar refractivity (Wildman–Crippen MR) is 87.9 cm³/mol. The smallest absolute Gasteiger partial charge is 0.292 e. The molecule has 0 fully saturated rings. The highest BCUT2D eigenvalue weighted by Crippen LogP contribution is 2.29. The first kappa shape index (κ1) is 15.4. The van der Waals surface area contributed by atoms with Crippen molar-refractivity contribution >= 4 is 23.1 Å². The topological polar surface area (TPSA) is 55.2 Å². The molecule has 2 rings (SSSR count). The summed E-state index contributed by atoms with van der Waals surface area (Å²) in [6.45, 7) is 2.77. The maximum atomic E-state index is 11.2. The minimum Gasteiger partial charge on any atom is -0.380 e. The van der Waals surface area contributed by atoms with Gasteiger partial charge in [0.05, 0.1) is 4.92 Å². The number of nitrogens with one attached hydrogen (secondary N) is 1. The van der Waals surface area contributed by atoms with E-state index in [1.54, 1.807) is 23.9 Å². The van der Waals surface area contributed by atoms with Crippen molar-refractivity contribution in [2.45, 2.75) is 24.0 Å². The third-order valence-corrected chi connectivity index (χ3v) is 4.06. The normalized spacial score (nSPS) is 10.3. The van der Waals surface area contributed by atoms with Crippen LogP contribution >= 0.6 is 11.8 Å². The maximum Gasteiger partial charge on any atom is 0.292 e. The number of thioether (sulfide) groups is 1. The van der Waals surface area contributed by atoms with Crippen LogP contribution in [0, 0.1) is 10.1 Å². The summed E-state index contributed by atoms with van der Waals surface area (Å²) in [5.41, 5.74) is 1.70. The fourth-order valence-electron chi connectivity index (χ4n) is 1.91. The molecular formula is C16H18N2O2S. The molecule has 0 saturated heterocycles. The molecule has 0 aromatic heterocycles. The van der Waals surface area contributed by atoms with Crippen LogP contribution in [-0.2, 0) is 5.75 Å². The van der Waals surface area contributed by atoms with Crippen molar-refractivity contribution in [1.29, 1.82) is 0 Å². The van der Waals surface area contributed by atoms with Gasteiger partial charge in [-0.25, -0.2) is 0 Å². The molecule has 2 aromatic rings. The number of nitro groups is 1. The monoisotopic (exact) mass is 302 g/mol. The Bertz CT molecular complexity index is 602. The van der Waals surface area contributed by atoms with Crippen LogP contribution in [0.25, 0.3) is 0 Å². The molecule has 0 heterocycles. The average Bonchev–Trinajstić information content (AvgIpc) is 2.52. The molecule has 0 saturated carbocycles. The SMILES string of the molecule is CCCNc1ccc(CSc2ccccc2)cc1[N+](=O)[O-]. The quantitative estimate of drug-likeness (QED) is 0.457. The van der Waals surface area contributed by atoms with E-state index in [9.17, 15) is 10.1 Å². The highest BCUT2D eigenvalue weighted by molar-refractivity contribution is 7.98. The molecule has 0 aliphatic heterocycles. The number of nitrogens with zero attached hydrogens (tertiary/aromatic N) is 1. The van der Waals surface area contributed by atoms with Crippen molar-refractivity contribution in [3.8, 4) is 0 Å². The Morgan fingerprint density at radius 2 is 1.95 bits per heavy atom. The fourth-order valence-corrected chi connectivity index (χ4v) is 2.77. The Kier molecular flexibility index (Phi) is 5.63. The first-order valence-electron chi connectivity index (χ1n) is 6.89. The van der Waals surface area contributed by atoms with E-state index in [0.29, 0.717) is 5.69 Å². The lowest BCUT2D eigenvalue weighted by Crippen LogP contribution is -2.03. The highest BCUT2D eigenvalue weighted by atomic mass is 32.2. The van der Waals surface area contributed by atoms with Gasteiger partial charge < -0.3 is 5.32 Å². The zero-order valence-electron chi connectivity index (χ0n) is 11.9. The van der Waals surface area contributed by atoms with E-state index >= 15 is 0 Å². The van der Waals surface area contributed by atoms with Crippen LogP contribution in [0.3, 0.4) is 0 Å². The molecule has 0 amide bonds. The fraction of sp³-hybridized carbons (Fsp3) is 0.250. The number of anilines is 1. The van der Waals surface area contributed by atoms with Crippen LogP contribution in [0.4, 0.5) is 11.4 Å². The standard InChI is InChI=1S/C16H18N2O2S/c1-2-10-17-15-9-8-13(11-16(15)18(19)20)12-21-14-6-4-3-5-7-14/h3-9,11,17H,2,10,12H2,1H3. The molecule has 0 radical (unpaired) electrons. The molecule has 0 aliphatic carbocycles. The highest BCUT2D eigenvalue weighted by Gasteiger charge is 2.14. The Morgan fingerprint density at radius 1 is 1.19 bits per heavy atom. The number of nitro benzene ring substituents is 1. The van der Waals surface area contributed by atoms with Crippen molar-refractivity contribution < 1.29 is 4.92 Å². The summed E-state index contributed by atoms with van der Waals surface area (Å²) < 4.78 is 0. The Labute approximate surface area is 128 Å². The van der Waals surface area contributed by atoms with E-state index in [1.165, 1.54) is 0 Å². The second kappa shape index (κ2) is 7.69. The van der Waals surface area contributed by atoms with Gasteiger partial charge in [0.1, 0.15) is 5.69 Å². The first-order chi connectivity index (χ1) is 10.2. The molecule has 21 heavy (non-hydrogen) atoms. The summed E-state index contributed by atoms with van der Waals surface area (Å²) in [4.78, 5) is 12.0. The number of hydrogen-bond acceptors (Lipinski definition) is 4. The zero-order valence-corrected chi connectivity index (χ0v) is 12.7. The van der Waals surface area contributed by atoms with Gasteiger partial charge in [0.15, 0.2) is 0 Å². The lowest BCUT2D eigenvalue weighted by molar-refractivity contribution is -0.384. The summed E-state index contributed by atoms with van der Waals surface area (Å²) in [5.74, 6) is 0.721. The third kappa shape index (κ3) is 4.49. The Balaban J connectivity index is 2.10. The van der Waals surface area contributed by atoms with Gasteiger partial charge in [0, 0.05) is 23.3 Å². The third-order valence-electron chi connectivity index (χ3n) is 2.97. The molecule has 4 nitrogen and oxygen atoms in total. The van der Waals surface area contributed by atoms with Gasteiger partial charge in [0.2, 0.25) is 0 Å². The molecule has 5 heteroatoms. The average molecular weight is 302 g/mol. The van der Waals surface area contributed by atoms with Gasteiger partial charge >= 0.3 is 0 Å². The Hall–Kier alpha value is -2.01. The van der Waals surface area contributed by atoms with Gasteiger partial charge in [-0.3, -0.25) is 10.1 Å². The van der Waals surface area contributed by atoms with Gasteiger partial charge in [-0.1, -0.05) is 31.2 Å². The van der Waals surface area contributed by atoms with Crippen LogP contribution in [-0.4, -0.2) is 11.5 Å². The second-order valence-corrected chi connectivity index (χ2v) is 5.69. The van der Waals surface area contributed by atoms with E-state index in [1.807, 2.05) is 43.3 Å². The number of rotatable bonds is 7. The predicted octanol–water partition coefficient (Wildman–Crippen LogP) is 4.71. The largest absolute Gasteiger partial charge is 0.380 e. The minimum atomic E-state index is -0.325. The van der Waals surface area contributed by atoms with E-state index in [4.69, 9.17) is 0 Å². The van der Waals surface area contributed by atoms with Crippen LogP contribution < -0.4 is 5.32 Å². The maximum absolute atomic E-state index is 11.2. The van der Waals surface area contributed by atoms with Gasteiger partial charge in [-0.2, -0.15) is 0 Å². The van der Waals surface area contributed by atoms with Gasteiger partial charge in [-0.05, 0) is 30.2 Å². The molecular weight excluding hydrogens is 284 g/mol. The van der Waals surface area contributed by atoms with Gasteiger partial charge in [-0.15, -0.1) is 11.8 Å². The van der Waals surface area contributed by atoms with E-state index in [-0.39, 0.29) is 10.6 Å². The van der Waals surface area contributed by atoms with Crippen LogP contribution in [0.15, 0.2) is 53.4 Å². The van der Waals surface area contributed by atoms with E-state index in [2.05, 4.69) is 5.32 Å². The molecule has 2 aromatic carbocycles. The second-order valence-electron chi connectivity index (χ2n) is 4.64. The molecule has 1 N–H and O–H groups in total. The summed E-state index contributed by atoms with van der Waals surface area (Å²) in [7, 11) is 0. The van der Waals surface area contributed by atoms with Crippen molar-refractivity contribution in [2.24, 2.45) is 0 Å². The van der Waals surface area contributed by atoms with Crippen molar-refractivity contribution in [3.63, 3.8) is 0 Å². The van der Waals surface area contributed by atoms with Crippen molar-refractivity contribution in [2.75, 3.05) is 11.9 Å². The summed E-state index contributed by atoms with van der Waals surface area (Å²) in [6.07, 6.45) is 0.933. The van der Waals surface area contributed by atoms with E-state index < -0.39 is 0 Å². The summed E-state index contributed by atoms with van der Waals surface area (Å²) in [5, 5.41) is 14.3. The van der Waals surface area contributed by atoms with Crippen LogP contribution in [0.1, 0.15) is 18.9 Å². The zero-order chi connectivity index (χ0) is 15.1. The lowest BCUT2D eigenvalue weighted by atomic mass is 10.2. The van der Waals surface area contributed by atoms with Crippen LogP contribution in [0.2, 0.25) is 0 Å². The first-order valence-corrected chi connectivity index (χ1v) is 7.88. The van der Waals surface area contributed by atoms with Crippen LogP contribution in [0.5, 0.6) is 0 Å². The molecule has 0 aliphatic rings. The molecule has 0 spiro atoms.